The van der Waals surface area contributed by atoms with Crippen molar-refractivity contribution < 1.29 is 0 Å². The molecule has 1 fully saturated rings. The third-order valence-electron chi connectivity index (χ3n) is 3.03. The average Bonchev–Trinajstić information content (AvgIpc) is 2.33. The summed E-state index contributed by atoms with van der Waals surface area (Å²) in [5.41, 5.74) is 0. The van der Waals surface area contributed by atoms with Crippen LogP contribution in [-0.4, -0.2) is 40.5 Å². The highest BCUT2D eigenvalue weighted by atomic mass is 127. The van der Waals surface area contributed by atoms with Crippen molar-refractivity contribution in [2.75, 3.05) is 25.0 Å². The molecule has 0 amide bonds. The first-order valence-electron chi connectivity index (χ1n) is 6.20. The third kappa shape index (κ3) is 4.06. The van der Waals surface area contributed by atoms with Crippen LogP contribution in [0.4, 0.5) is 5.82 Å². The van der Waals surface area contributed by atoms with Gasteiger partial charge in [0.25, 0.3) is 0 Å². The Kier molecular flexibility index (Phi) is 4.97. The largest absolute Gasteiger partial charge is 0.365 e. The van der Waals surface area contributed by atoms with Crippen LogP contribution in [0.2, 0.25) is 0 Å². The van der Waals surface area contributed by atoms with E-state index < -0.39 is 0 Å². The van der Waals surface area contributed by atoms with E-state index in [4.69, 9.17) is 0 Å². The molecule has 1 aliphatic heterocycles. The number of piperidine rings is 1. The van der Waals surface area contributed by atoms with E-state index in [1.807, 2.05) is 6.20 Å². The van der Waals surface area contributed by atoms with Gasteiger partial charge in [0.2, 0.25) is 0 Å². The topological polar surface area (TPSA) is 41.0 Å². The molecular weight excluding hydrogens is 327 g/mol. The number of halogens is 1. The van der Waals surface area contributed by atoms with Crippen LogP contribution in [0, 0.1) is 3.57 Å². The maximum absolute atomic E-state index is 4.26. The minimum absolute atomic E-state index is 0.427. The Morgan fingerprint density at radius 2 is 2.18 bits per heavy atom. The van der Waals surface area contributed by atoms with E-state index in [0.29, 0.717) is 6.04 Å². The first-order valence-corrected chi connectivity index (χ1v) is 7.28. The van der Waals surface area contributed by atoms with Gasteiger partial charge in [-0.15, -0.1) is 0 Å². The van der Waals surface area contributed by atoms with Crippen LogP contribution in [-0.2, 0) is 0 Å². The van der Waals surface area contributed by atoms with Crippen molar-refractivity contribution in [1.29, 1.82) is 0 Å². The minimum atomic E-state index is 0.427. The molecule has 4 nitrogen and oxygen atoms in total. The lowest BCUT2D eigenvalue weighted by molar-refractivity contribution is 0.223. The highest BCUT2D eigenvalue weighted by Crippen LogP contribution is 2.15. The van der Waals surface area contributed by atoms with Crippen molar-refractivity contribution in [3.63, 3.8) is 0 Å². The van der Waals surface area contributed by atoms with Crippen molar-refractivity contribution >= 4 is 28.4 Å². The number of nitrogens with zero attached hydrogens (tertiary/aromatic N) is 3. The third-order valence-corrected chi connectivity index (χ3v) is 3.82. The van der Waals surface area contributed by atoms with Gasteiger partial charge in [0.05, 0.1) is 3.57 Å². The number of likely N-dealkylation sites (tertiary alicyclic amines) is 1. The number of rotatable bonds is 4. The Labute approximate surface area is 116 Å². The van der Waals surface area contributed by atoms with E-state index in [2.05, 4.69) is 49.7 Å². The summed E-state index contributed by atoms with van der Waals surface area (Å²) in [5.74, 6) is 0.949. The van der Waals surface area contributed by atoms with Gasteiger partial charge in [0, 0.05) is 18.8 Å². The fourth-order valence-electron chi connectivity index (χ4n) is 2.23. The van der Waals surface area contributed by atoms with Gasteiger partial charge in [0.15, 0.2) is 0 Å². The van der Waals surface area contributed by atoms with Crippen LogP contribution in [0.1, 0.15) is 26.2 Å². The van der Waals surface area contributed by atoms with Crippen LogP contribution in [0.15, 0.2) is 12.5 Å². The lowest BCUT2D eigenvalue weighted by atomic mass is 10.1. The van der Waals surface area contributed by atoms with E-state index in [1.165, 1.54) is 32.4 Å². The summed E-state index contributed by atoms with van der Waals surface area (Å²) < 4.78 is 1.08. The molecular formula is C12H19IN4. The van der Waals surface area contributed by atoms with E-state index in [0.717, 1.165) is 15.9 Å². The van der Waals surface area contributed by atoms with Gasteiger partial charge in [0.1, 0.15) is 12.1 Å². The Morgan fingerprint density at radius 1 is 1.41 bits per heavy atom. The molecule has 1 aromatic heterocycles. The number of nitrogens with one attached hydrogen (secondary N) is 1. The second kappa shape index (κ2) is 6.49. The zero-order chi connectivity index (χ0) is 12.1. The quantitative estimate of drug-likeness (QED) is 0.850. The van der Waals surface area contributed by atoms with Gasteiger partial charge in [-0.3, -0.25) is 0 Å². The highest BCUT2D eigenvalue weighted by molar-refractivity contribution is 14.1. The van der Waals surface area contributed by atoms with Gasteiger partial charge in [-0.25, -0.2) is 9.97 Å². The molecule has 2 rings (SSSR count). The van der Waals surface area contributed by atoms with Crippen LogP contribution in [0.3, 0.4) is 0 Å². The molecule has 1 aliphatic rings. The molecule has 17 heavy (non-hydrogen) atoms. The molecule has 0 radical (unpaired) electrons. The minimum Gasteiger partial charge on any atom is -0.365 e. The zero-order valence-electron chi connectivity index (χ0n) is 10.2. The van der Waals surface area contributed by atoms with Gasteiger partial charge in [-0.2, -0.15) is 0 Å². The molecule has 1 saturated heterocycles. The van der Waals surface area contributed by atoms with E-state index in [1.54, 1.807) is 6.33 Å². The number of hydrogen-bond donors (Lipinski definition) is 1. The van der Waals surface area contributed by atoms with E-state index in [9.17, 15) is 0 Å². The maximum Gasteiger partial charge on any atom is 0.143 e. The van der Waals surface area contributed by atoms with Crippen molar-refractivity contribution in [3.8, 4) is 0 Å². The summed E-state index contributed by atoms with van der Waals surface area (Å²) >= 11 is 2.26. The van der Waals surface area contributed by atoms with Crippen molar-refractivity contribution in [2.24, 2.45) is 0 Å². The molecule has 0 spiro atoms. The normalized spacial score (nSPS) is 18.9. The van der Waals surface area contributed by atoms with Gasteiger partial charge < -0.3 is 10.2 Å². The number of anilines is 1. The second-order valence-corrected chi connectivity index (χ2v) is 5.79. The molecule has 1 aromatic rings. The molecule has 0 saturated carbocycles. The summed E-state index contributed by atoms with van der Waals surface area (Å²) in [5, 5.41) is 3.46. The Balaban J connectivity index is 1.84. The second-order valence-electron chi connectivity index (χ2n) is 4.63. The molecule has 0 bridgehead atoms. The van der Waals surface area contributed by atoms with Gasteiger partial charge in [-0.1, -0.05) is 6.42 Å². The fourth-order valence-corrected chi connectivity index (χ4v) is 2.68. The average molecular weight is 346 g/mol. The first kappa shape index (κ1) is 13.0. The molecule has 2 heterocycles. The van der Waals surface area contributed by atoms with Crippen LogP contribution in [0.25, 0.3) is 0 Å². The van der Waals surface area contributed by atoms with Gasteiger partial charge in [-0.05, 0) is 55.4 Å². The van der Waals surface area contributed by atoms with Crippen molar-refractivity contribution in [2.45, 2.75) is 32.2 Å². The molecule has 0 aromatic carbocycles. The molecule has 5 heteroatoms. The number of hydrogen-bond acceptors (Lipinski definition) is 4. The monoisotopic (exact) mass is 346 g/mol. The fraction of sp³-hybridized carbons (Fsp3) is 0.667. The number of aromatic nitrogens is 2. The standard InChI is InChI=1S/C12H19IN4/c1-10(8-17-5-3-2-4-6-17)16-12-11(13)7-14-9-15-12/h7,9-10H,2-6,8H2,1H3,(H,14,15,16). The summed E-state index contributed by atoms with van der Waals surface area (Å²) in [6.45, 7) is 5.80. The van der Waals surface area contributed by atoms with Crippen LogP contribution in [0.5, 0.6) is 0 Å². The lowest BCUT2D eigenvalue weighted by Gasteiger charge is -2.29. The summed E-state index contributed by atoms with van der Waals surface area (Å²) in [7, 11) is 0. The Bertz CT molecular complexity index is 352. The predicted octanol–water partition coefficient (Wildman–Crippen LogP) is 2.37. The van der Waals surface area contributed by atoms with Crippen molar-refractivity contribution in [1.82, 2.24) is 14.9 Å². The molecule has 1 atom stereocenters. The molecule has 94 valence electrons. The van der Waals surface area contributed by atoms with E-state index in [-0.39, 0.29) is 0 Å². The lowest BCUT2D eigenvalue weighted by Crippen LogP contribution is -2.38. The summed E-state index contributed by atoms with van der Waals surface area (Å²) in [6, 6.07) is 0.427. The molecule has 1 unspecified atom stereocenters. The molecule has 0 aliphatic carbocycles. The Morgan fingerprint density at radius 3 is 2.88 bits per heavy atom. The molecule has 1 N–H and O–H groups in total. The van der Waals surface area contributed by atoms with Gasteiger partial charge >= 0.3 is 0 Å². The maximum atomic E-state index is 4.26. The smallest absolute Gasteiger partial charge is 0.143 e. The summed E-state index contributed by atoms with van der Waals surface area (Å²) in [6.07, 6.45) is 7.51. The Hall–Kier alpha value is -0.430. The van der Waals surface area contributed by atoms with E-state index >= 15 is 0 Å². The zero-order valence-corrected chi connectivity index (χ0v) is 12.4. The SMILES string of the molecule is CC(CN1CCCCC1)Nc1ncncc1I. The predicted molar refractivity (Wildman–Crippen MR) is 78.1 cm³/mol. The van der Waals surface area contributed by atoms with Crippen LogP contribution >= 0.6 is 22.6 Å². The van der Waals surface area contributed by atoms with Crippen molar-refractivity contribution in [3.05, 3.63) is 16.1 Å². The summed E-state index contributed by atoms with van der Waals surface area (Å²) in [4.78, 5) is 10.8. The van der Waals surface area contributed by atoms with Crippen LogP contribution < -0.4 is 5.32 Å². The highest BCUT2D eigenvalue weighted by Gasteiger charge is 2.14. The first-order chi connectivity index (χ1) is 8.25.